The van der Waals surface area contributed by atoms with Gasteiger partial charge in [-0.15, -0.1) is 11.3 Å². The molecule has 3 rings (SSSR count). The minimum Gasteiger partial charge on any atom is -0.351 e. The van der Waals surface area contributed by atoms with Crippen molar-refractivity contribution in [1.29, 1.82) is 0 Å². The molecule has 1 fully saturated rings. The lowest BCUT2D eigenvalue weighted by molar-refractivity contribution is -0.125. The van der Waals surface area contributed by atoms with E-state index in [1.807, 2.05) is 31.2 Å². The molecular formula is C17H20ClN3OS. The van der Waals surface area contributed by atoms with Gasteiger partial charge in [0.25, 0.3) is 0 Å². The van der Waals surface area contributed by atoms with Gasteiger partial charge in [0.1, 0.15) is 5.01 Å². The van der Waals surface area contributed by atoms with Crippen LogP contribution in [0.4, 0.5) is 0 Å². The molecule has 122 valence electrons. The highest BCUT2D eigenvalue weighted by molar-refractivity contribution is 7.15. The number of amides is 1. The van der Waals surface area contributed by atoms with Crippen LogP contribution in [0.1, 0.15) is 23.4 Å². The number of aryl methyl sites for hydroxylation is 1. The quantitative estimate of drug-likeness (QED) is 0.889. The molecule has 2 aromatic rings. The maximum absolute atomic E-state index is 12.2. The van der Waals surface area contributed by atoms with Crippen molar-refractivity contribution in [1.82, 2.24) is 15.6 Å². The van der Waals surface area contributed by atoms with Gasteiger partial charge in [0, 0.05) is 22.0 Å². The maximum atomic E-state index is 12.2. The molecule has 1 aliphatic rings. The highest BCUT2D eigenvalue weighted by atomic mass is 35.5. The number of piperidine rings is 1. The third-order valence-corrected chi connectivity index (χ3v) is 5.53. The molecule has 1 amide bonds. The van der Waals surface area contributed by atoms with Crippen molar-refractivity contribution in [3.63, 3.8) is 0 Å². The lowest BCUT2D eigenvalue weighted by Gasteiger charge is -2.21. The standard InChI is InChI=1S/C17H20ClN3OS/c1-11-15(10-20-16(22)13-3-2-8-19-9-13)23-17(21-11)12-4-6-14(18)7-5-12/h4-7,13,19H,2-3,8-10H2,1H3,(H,20,22). The Bertz CT molecular complexity index is 678. The average Bonchev–Trinajstić information content (AvgIpc) is 2.95. The molecule has 0 bridgehead atoms. The number of benzene rings is 1. The van der Waals surface area contributed by atoms with Gasteiger partial charge in [-0.25, -0.2) is 4.98 Å². The highest BCUT2D eigenvalue weighted by Gasteiger charge is 2.21. The van der Waals surface area contributed by atoms with Crippen LogP contribution >= 0.6 is 22.9 Å². The number of hydrogen-bond donors (Lipinski definition) is 2. The fraction of sp³-hybridized carbons (Fsp3) is 0.412. The van der Waals surface area contributed by atoms with Gasteiger partial charge in [-0.05, 0) is 38.4 Å². The van der Waals surface area contributed by atoms with E-state index in [-0.39, 0.29) is 11.8 Å². The Morgan fingerprint density at radius 1 is 1.43 bits per heavy atom. The first kappa shape index (κ1) is 16.4. The van der Waals surface area contributed by atoms with Crippen LogP contribution in [0.2, 0.25) is 5.02 Å². The van der Waals surface area contributed by atoms with Crippen molar-refractivity contribution in [3.05, 3.63) is 39.9 Å². The van der Waals surface area contributed by atoms with E-state index in [9.17, 15) is 4.79 Å². The molecule has 1 saturated heterocycles. The second-order valence-electron chi connectivity index (χ2n) is 5.80. The van der Waals surface area contributed by atoms with Gasteiger partial charge >= 0.3 is 0 Å². The molecule has 1 aliphatic heterocycles. The molecule has 0 aliphatic carbocycles. The zero-order valence-electron chi connectivity index (χ0n) is 13.1. The number of nitrogens with one attached hydrogen (secondary N) is 2. The van der Waals surface area contributed by atoms with Gasteiger partial charge < -0.3 is 10.6 Å². The molecule has 6 heteroatoms. The Morgan fingerprint density at radius 2 is 2.22 bits per heavy atom. The summed E-state index contributed by atoms with van der Waals surface area (Å²) in [7, 11) is 0. The first-order chi connectivity index (χ1) is 11.1. The highest BCUT2D eigenvalue weighted by Crippen LogP contribution is 2.28. The second-order valence-corrected chi connectivity index (χ2v) is 7.32. The lowest BCUT2D eigenvalue weighted by atomic mass is 9.99. The summed E-state index contributed by atoms with van der Waals surface area (Å²) in [5.74, 6) is 0.228. The molecule has 1 atom stereocenters. The monoisotopic (exact) mass is 349 g/mol. The summed E-state index contributed by atoms with van der Waals surface area (Å²) in [6.07, 6.45) is 2.04. The van der Waals surface area contributed by atoms with Crippen LogP contribution in [-0.4, -0.2) is 24.0 Å². The topological polar surface area (TPSA) is 54.0 Å². The van der Waals surface area contributed by atoms with E-state index in [1.165, 1.54) is 0 Å². The molecule has 23 heavy (non-hydrogen) atoms. The van der Waals surface area contributed by atoms with Crippen LogP contribution in [0, 0.1) is 12.8 Å². The van der Waals surface area contributed by atoms with Crippen molar-refractivity contribution in [3.8, 4) is 10.6 Å². The van der Waals surface area contributed by atoms with Crippen LogP contribution in [-0.2, 0) is 11.3 Å². The Morgan fingerprint density at radius 3 is 2.91 bits per heavy atom. The average molecular weight is 350 g/mol. The summed E-state index contributed by atoms with van der Waals surface area (Å²) >= 11 is 7.55. The predicted molar refractivity (Wildman–Crippen MR) is 94.7 cm³/mol. The van der Waals surface area contributed by atoms with Gasteiger partial charge in [-0.1, -0.05) is 23.7 Å². The summed E-state index contributed by atoms with van der Waals surface area (Å²) in [4.78, 5) is 17.9. The smallest absolute Gasteiger partial charge is 0.224 e. The van der Waals surface area contributed by atoms with Crippen molar-refractivity contribution >= 4 is 28.8 Å². The molecule has 1 aromatic heterocycles. The van der Waals surface area contributed by atoms with Crippen molar-refractivity contribution < 1.29 is 4.79 Å². The van der Waals surface area contributed by atoms with Gasteiger partial charge in [0.2, 0.25) is 5.91 Å². The number of thiazole rings is 1. The zero-order valence-corrected chi connectivity index (χ0v) is 14.6. The third kappa shape index (κ3) is 4.10. The largest absolute Gasteiger partial charge is 0.351 e. The van der Waals surface area contributed by atoms with E-state index in [1.54, 1.807) is 11.3 Å². The van der Waals surface area contributed by atoms with E-state index < -0.39 is 0 Å². The van der Waals surface area contributed by atoms with E-state index in [2.05, 4.69) is 15.6 Å². The molecule has 1 unspecified atom stereocenters. The molecule has 2 N–H and O–H groups in total. The first-order valence-corrected chi connectivity index (χ1v) is 9.03. The lowest BCUT2D eigenvalue weighted by Crippen LogP contribution is -2.40. The Balaban J connectivity index is 1.64. The second kappa shape index (κ2) is 7.43. The summed E-state index contributed by atoms with van der Waals surface area (Å²) < 4.78 is 0. The summed E-state index contributed by atoms with van der Waals surface area (Å²) in [5, 5.41) is 8.01. The zero-order chi connectivity index (χ0) is 16.2. The number of rotatable bonds is 4. The Labute approximate surface area is 145 Å². The molecule has 4 nitrogen and oxygen atoms in total. The minimum atomic E-state index is 0.0905. The molecule has 0 spiro atoms. The van der Waals surface area contributed by atoms with Gasteiger partial charge in [0.05, 0.1) is 18.2 Å². The van der Waals surface area contributed by atoms with E-state index >= 15 is 0 Å². The van der Waals surface area contributed by atoms with Crippen LogP contribution < -0.4 is 10.6 Å². The van der Waals surface area contributed by atoms with Crippen LogP contribution in [0.25, 0.3) is 10.6 Å². The maximum Gasteiger partial charge on any atom is 0.224 e. The number of hydrogen-bond acceptors (Lipinski definition) is 4. The molecule has 0 radical (unpaired) electrons. The van der Waals surface area contributed by atoms with Crippen LogP contribution in [0.15, 0.2) is 24.3 Å². The van der Waals surface area contributed by atoms with Gasteiger partial charge in [0.15, 0.2) is 0 Å². The molecule has 0 saturated carbocycles. The van der Waals surface area contributed by atoms with Gasteiger partial charge in [-0.2, -0.15) is 0 Å². The normalized spacial score (nSPS) is 17.9. The van der Waals surface area contributed by atoms with E-state index in [4.69, 9.17) is 11.6 Å². The van der Waals surface area contributed by atoms with E-state index in [0.29, 0.717) is 6.54 Å². The summed E-state index contributed by atoms with van der Waals surface area (Å²) in [5.41, 5.74) is 2.03. The first-order valence-electron chi connectivity index (χ1n) is 7.84. The number of halogens is 1. The minimum absolute atomic E-state index is 0.0905. The summed E-state index contributed by atoms with van der Waals surface area (Å²) in [6, 6.07) is 7.67. The van der Waals surface area contributed by atoms with Crippen LogP contribution in [0.3, 0.4) is 0 Å². The Kier molecular flexibility index (Phi) is 5.30. The number of carbonyl (C=O) groups excluding carboxylic acids is 1. The number of nitrogens with zero attached hydrogens (tertiary/aromatic N) is 1. The molecular weight excluding hydrogens is 330 g/mol. The third-order valence-electron chi connectivity index (χ3n) is 4.07. The van der Waals surface area contributed by atoms with Crippen LogP contribution in [0.5, 0.6) is 0 Å². The summed E-state index contributed by atoms with van der Waals surface area (Å²) in [6.45, 7) is 4.33. The fourth-order valence-electron chi connectivity index (χ4n) is 2.70. The van der Waals surface area contributed by atoms with Crippen molar-refractivity contribution in [2.24, 2.45) is 5.92 Å². The number of aromatic nitrogens is 1. The molecule has 1 aromatic carbocycles. The Hall–Kier alpha value is -1.43. The van der Waals surface area contributed by atoms with Crippen molar-refractivity contribution in [2.45, 2.75) is 26.3 Å². The van der Waals surface area contributed by atoms with E-state index in [0.717, 1.165) is 52.1 Å². The predicted octanol–water partition coefficient (Wildman–Crippen LogP) is 3.39. The molecule has 2 heterocycles. The van der Waals surface area contributed by atoms with Crippen molar-refractivity contribution in [2.75, 3.05) is 13.1 Å². The number of carbonyl (C=O) groups is 1. The fourth-order valence-corrected chi connectivity index (χ4v) is 3.83. The SMILES string of the molecule is Cc1nc(-c2ccc(Cl)cc2)sc1CNC(=O)C1CCCNC1. The van der Waals surface area contributed by atoms with Gasteiger partial charge in [-0.3, -0.25) is 4.79 Å².